The highest BCUT2D eigenvalue weighted by Gasteiger charge is 2.18. The molecule has 5 heteroatoms. The predicted octanol–water partition coefficient (Wildman–Crippen LogP) is 2.54. The summed E-state index contributed by atoms with van der Waals surface area (Å²) in [6.07, 6.45) is 0. The van der Waals surface area contributed by atoms with E-state index in [0.29, 0.717) is 28.3 Å². The summed E-state index contributed by atoms with van der Waals surface area (Å²) in [5, 5.41) is 8.96. The van der Waals surface area contributed by atoms with Crippen molar-refractivity contribution in [3.63, 3.8) is 0 Å². The van der Waals surface area contributed by atoms with E-state index in [0.717, 1.165) is 0 Å². The molecule has 0 aliphatic rings. The molecule has 5 nitrogen and oxygen atoms in total. The molecule has 0 bridgehead atoms. The van der Waals surface area contributed by atoms with Crippen molar-refractivity contribution in [3.05, 3.63) is 35.6 Å². The van der Waals surface area contributed by atoms with E-state index in [1.165, 1.54) is 7.11 Å². The summed E-state index contributed by atoms with van der Waals surface area (Å²) >= 11 is 0. The first kappa shape index (κ1) is 12.0. The van der Waals surface area contributed by atoms with Gasteiger partial charge in [0.25, 0.3) is 0 Å². The van der Waals surface area contributed by atoms with Crippen molar-refractivity contribution in [1.29, 1.82) is 0 Å². The molecular formula is C13H13NO4. The fourth-order valence-electron chi connectivity index (χ4n) is 1.80. The number of hydrogen-bond donors (Lipinski definition) is 2. The number of nitrogen functional groups attached to an aromatic ring is 1. The summed E-state index contributed by atoms with van der Waals surface area (Å²) in [4.78, 5) is 10.9. The first-order chi connectivity index (χ1) is 8.54. The number of rotatable bonds is 3. The van der Waals surface area contributed by atoms with Crippen LogP contribution >= 0.6 is 0 Å². The zero-order chi connectivity index (χ0) is 13.3. The number of carbonyl (C=O) groups is 1. The Balaban J connectivity index is 2.59. The minimum atomic E-state index is -1.10. The van der Waals surface area contributed by atoms with Crippen molar-refractivity contribution in [2.24, 2.45) is 0 Å². The number of methoxy groups -OCH3 is 1. The molecule has 0 spiro atoms. The number of carboxylic acids is 1. The lowest BCUT2D eigenvalue weighted by Crippen LogP contribution is -1.95. The second-order valence-corrected chi connectivity index (χ2v) is 3.86. The number of para-hydroxylation sites is 1. The van der Waals surface area contributed by atoms with Gasteiger partial charge in [-0.05, 0) is 25.1 Å². The lowest BCUT2D eigenvalue weighted by atomic mass is 10.1. The predicted molar refractivity (Wildman–Crippen MR) is 66.8 cm³/mol. The van der Waals surface area contributed by atoms with Gasteiger partial charge in [-0.3, -0.25) is 0 Å². The average molecular weight is 247 g/mol. The van der Waals surface area contributed by atoms with Crippen molar-refractivity contribution in [2.75, 3.05) is 12.8 Å². The largest absolute Gasteiger partial charge is 0.494 e. The zero-order valence-electron chi connectivity index (χ0n) is 10.1. The van der Waals surface area contributed by atoms with Crippen LogP contribution in [0, 0.1) is 6.92 Å². The van der Waals surface area contributed by atoms with Gasteiger partial charge in [-0.25, -0.2) is 4.79 Å². The van der Waals surface area contributed by atoms with Gasteiger partial charge < -0.3 is 20.0 Å². The van der Waals surface area contributed by atoms with E-state index in [-0.39, 0.29) is 5.76 Å². The highest BCUT2D eigenvalue weighted by Crippen LogP contribution is 2.36. The van der Waals surface area contributed by atoms with Crippen molar-refractivity contribution in [3.8, 4) is 17.1 Å². The monoisotopic (exact) mass is 247 g/mol. The lowest BCUT2D eigenvalue weighted by Gasteiger charge is -2.08. The molecular weight excluding hydrogens is 234 g/mol. The lowest BCUT2D eigenvalue weighted by molar-refractivity contribution is 0.0662. The molecule has 0 aliphatic carbocycles. The maximum absolute atomic E-state index is 10.9. The van der Waals surface area contributed by atoms with Crippen LogP contribution in [0.5, 0.6) is 5.75 Å². The van der Waals surface area contributed by atoms with Crippen molar-refractivity contribution < 1.29 is 19.1 Å². The molecule has 2 rings (SSSR count). The standard InChI is InChI=1S/C13H13NO4/c1-7-6-10(18-11(7)13(15)16)8-4-3-5-9(14)12(8)17-2/h3-6H,14H2,1-2H3,(H,15,16). The Morgan fingerprint density at radius 1 is 1.44 bits per heavy atom. The second-order valence-electron chi connectivity index (χ2n) is 3.86. The molecule has 0 aliphatic heterocycles. The van der Waals surface area contributed by atoms with E-state index in [1.807, 2.05) is 0 Å². The molecule has 1 aromatic carbocycles. The number of benzene rings is 1. The average Bonchev–Trinajstić information content (AvgIpc) is 2.71. The van der Waals surface area contributed by atoms with Gasteiger partial charge in [0.15, 0.2) is 5.75 Å². The Morgan fingerprint density at radius 3 is 2.72 bits per heavy atom. The van der Waals surface area contributed by atoms with Crippen LogP contribution in [-0.4, -0.2) is 18.2 Å². The molecule has 1 heterocycles. The van der Waals surface area contributed by atoms with Crippen LogP contribution in [0.1, 0.15) is 16.1 Å². The van der Waals surface area contributed by atoms with Crippen molar-refractivity contribution >= 4 is 11.7 Å². The number of aromatic carboxylic acids is 1. The maximum atomic E-state index is 10.9. The molecule has 0 saturated carbocycles. The Labute approximate surface area is 104 Å². The van der Waals surface area contributed by atoms with Gasteiger partial charge >= 0.3 is 5.97 Å². The molecule has 0 amide bonds. The highest BCUT2D eigenvalue weighted by molar-refractivity contribution is 5.87. The third-order valence-corrected chi connectivity index (χ3v) is 2.63. The first-order valence-electron chi connectivity index (χ1n) is 5.31. The first-order valence-corrected chi connectivity index (χ1v) is 5.31. The fourth-order valence-corrected chi connectivity index (χ4v) is 1.80. The topological polar surface area (TPSA) is 85.7 Å². The number of carboxylic acid groups (broad SMARTS) is 1. The van der Waals surface area contributed by atoms with E-state index in [1.54, 1.807) is 31.2 Å². The quantitative estimate of drug-likeness (QED) is 0.814. The highest BCUT2D eigenvalue weighted by atomic mass is 16.5. The summed E-state index contributed by atoms with van der Waals surface area (Å²) in [5.41, 5.74) is 7.45. The molecule has 0 saturated heterocycles. The van der Waals surface area contributed by atoms with Gasteiger partial charge in [-0.15, -0.1) is 0 Å². The summed E-state index contributed by atoms with van der Waals surface area (Å²) in [5.74, 6) is -0.270. The molecule has 2 aromatic rings. The van der Waals surface area contributed by atoms with E-state index in [9.17, 15) is 4.79 Å². The number of furan rings is 1. The van der Waals surface area contributed by atoms with Crippen LogP contribution in [0.4, 0.5) is 5.69 Å². The van der Waals surface area contributed by atoms with E-state index in [2.05, 4.69) is 0 Å². The molecule has 3 N–H and O–H groups in total. The summed E-state index contributed by atoms with van der Waals surface area (Å²) in [7, 11) is 1.50. The smallest absolute Gasteiger partial charge is 0.372 e. The molecule has 0 atom stereocenters. The Hall–Kier alpha value is -2.43. The Morgan fingerprint density at radius 2 is 2.17 bits per heavy atom. The number of aryl methyl sites for hydroxylation is 1. The summed E-state index contributed by atoms with van der Waals surface area (Å²) in [6, 6.07) is 6.88. The van der Waals surface area contributed by atoms with Gasteiger partial charge in [0.05, 0.1) is 18.4 Å². The molecule has 0 unspecified atom stereocenters. The maximum Gasteiger partial charge on any atom is 0.372 e. The van der Waals surface area contributed by atoms with E-state index >= 15 is 0 Å². The third kappa shape index (κ3) is 1.90. The van der Waals surface area contributed by atoms with Crippen LogP contribution in [-0.2, 0) is 0 Å². The van der Waals surface area contributed by atoms with Crippen LogP contribution in [0.25, 0.3) is 11.3 Å². The molecule has 18 heavy (non-hydrogen) atoms. The SMILES string of the molecule is COc1c(N)cccc1-c1cc(C)c(C(=O)O)o1. The Bertz CT molecular complexity index is 601. The number of ether oxygens (including phenoxy) is 1. The zero-order valence-corrected chi connectivity index (χ0v) is 10.1. The fraction of sp³-hybridized carbons (Fsp3) is 0.154. The van der Waals surface area contributed by atoms with E-state index < -0.39 is 5.97 Å². The normalized spacial score (nSPS) is 10.3. The third-order valence-electron chi connectivity index (χ3n) is 2.63. The van der Waals surface area contributed by atoms with Crippen molar-refractivity contribution in [1.82, 2.24) is 0 Å². The molecule has 1 aromatic heterocycles. The van der Waals surface area contributed by atoms with Crippen LogP contribution in [0.2, 0.25) is 0 Å². The Kier molecular flexibility index (Phi) is 2.97. The van der Waals surface area contributed by atoms with Crippen molar-refractivity contribution in [2.45, 2.75) is 6.92 Å². The summed E-state index contributed by atoms with van der Waals surface area (Å²) < 4.78 is 10.5. The molecule has 0 radical (unpaired) electrons. The minimum Gasteiger partial charge on any atom is -0.494 e. The van der Waals surface area contributed by atoms with Crippen LogP contribution < -0.4 is 10.5 Å². The van der Waals surface area contributed by atoms with Crippen LogP contribution in [0.3, 0.4) is 0 Å². The second kappa shape index (κ2) is 4.44. The van der Waals surface area contributed by atoms with Gasteiger partial charge in [-0.2, -0.15) is 0 Å². The van der Waals surface area contributed by atoms with Crippen LogP contribution in [0.15, 0.2) is 28.7 Å². The van der Waals surface area contributed by atoms with Gasteiger partial charge in [0.2, 0.25) is 5.76 Å². The van der Waals surface area contributed by atoms with Gasteiger partial charge in [-0.1, -0.05) is 6.07 Å². The number of nitrogens with two attached hydrogens (primary N) is 1. The number of hydrogen-bond acceptors (Lipinski definition) is 4. The van der Waals surface area contributed by atoms with Gasteiger partial charge in [0, 0.05) is 5.56 Å². The molecule has 94 valence electrons. The summed E-state index contributed by atoms with van der Waals surface area (Å²) in [6.45, 7) is 1.68. The minimum absolute atomic E-state index is 0.0746. The molecule has 0 fully saturated rings. The van der Waals surface area contributed by atoms with Gasteiger partial charge in [0.1, 0.15) is 5.76 Å². The number of anilines is 1. The van der Waals surface area contributed by atoms with E-state index in [4.69, 9.17) is 20.0 Å².